The third-order valence-electron chi connectivity index (χ3n) is 3.68. The number of fused-ring (bicyclic) bond motifs is 2. The minimum absolute atomic E-state index is 0.0702. The van der Waals surface area contributed by atoms with Gasteiger partial charge in [-0.2, -0.15) is 0 Å². The molecule has 0 aliphatic carbocycles. The Morgan fingerprint density at radius 2 is 1.92 bits per heavy atom. The maximum absolute atomic E-state index is 12.0. The predicted molar refractivity (Wildman–Crippen MR) is 95.3 cm³/mol. The van der Waals surface area contributed by atoms with Crippen LogP contribution >= 0.6 is 11.3 Å². The number of nitrogens with zero attached hydrogens (tertiary/aromatic N) is 1. The van der Waals surface area contributed by atoms with Crippen LogP contribution in [0, 0.1) is 0 Å². The Kier molecular flexibility index (Phi) is 5.54. The van der Waals surface area contributed by atoms with Gasteiger partial charge in [0.25, 0.3) is 0 Å². The van der Waals surface area contributed by atoms with Gasteiger partial charge in [-0.25, -0.2) is 9.78 Å². The highest BCUT2D eigenvalue weighted by molar-refractivity contribution is 7.22. The summed E-state index contributed by atoms with van der Waals surface area (Å²) < 4.78 is 12.0. The number of anilines is 1. The molecule has 4 N–H and O–H groups in total. The third-order valence-corrected chi connectivity index (χ3v) is 4.61. The summed E-state index contributed by atoms with van der Waals surface area (Å²) >= 11 is 1.41. The fourth-order valence-electron chi connectivity index (χ4n) is 2.50. The minimum atomic E-state index is -0.522. The Balaban J connectivity index is 1.49. The molecule has 2 heterocycles. The predicted octanol–water partition coefficient (Wildman–Crippen LogP) is 2.23. The number of amides is 3. The van der Waals surface area contributed by atoms with Gasteiger partial charge in [-0.1, -0.05) is 17.8 Å². The van der Waals surface area contributed by atoms with Crippen LogP contribution in [0.1, 0.15) is 25.7 Å². The minimum Gasteiger partial charge on any atom is -0.486 e. The summed E-state index contributed by atoms with van der Waals surface area (Å²) in [5.41, 5.74) is 5.76. The van der Waals surface area contributed by atoms with Crippen LogP contribution in [0.2, 0.25) is 0 Å². The lowest BCUT2D eigenvalue weighted by atomic mass is 10.2. The van der Waals surface area contributed by atoms with Gasteiger partial charge < -0.3 is 25.8 Å². The number of carbonyl (C=O) groups is 2. The third kappa shape index (κ3) is 4.72. The molecule has 25 heavy (non-hydrogen) atoms. The van der Waals surface area contributed by atoms with Crippen molar-refractivity contribution in [1.82, 2.24) is 10.3 Å². The quantitative estimate of drug-likeness (QED) is 0.652. The summed E-state index contributed by atoms with van der Waals surface area (Å²) in [6.07, 6.45) is 2.79. The zero-order valence-electron chi connectivity index (χ0n) is 13.7. The monoisotopic (exact) mass is 364 g/mol. The fraction of sp³-hybridized carbons (Fsp3) is 0.438. The van der Waals surface area contributed by atoms with Crippen molar-refractivity contribution < 1.29 is 19.1 Å². The van der Waals surface area contributed by atoms with Crippen LogP contribution in [0.3, 0.4) is 0 Å². The normalized spacial score (nSPS) is 12.8. The van der Waals surface area contributed by atoms with Gasteiger partial charge in [0.2, 0.25) is 5.91 Å². The van der Waals surface area contributed by atoms with Crippen LogP contribution in [0.5, 0.6) is 11.5 Å². The van der Waals surface area contributed by atoms with E-state index in [2.05, 4.69) is 15.6 Å². The van der Waals surface area contributed by atoms with Gasteiger partial charge in [-0.3, -0.25) is 4.79 Å². The van der Waals surface area contributed by atoms with Crippen molar-refractivity contribution in [1.29, 1.82) is 0 Å². The van der Waals surface area contributed by atoms with Crippen molar-refractivity contribution >= 4 is 38.6 Å². The first-order valence-electron chi connectivity index (χ1n) is 8.15. The molecule has 9 heteroatoms. The highest BCUT2D eigenvalue weighted by Gasteiger charge is 2.15. The largest absolute Gasteiger partial charge is 0.486 e. The number of carbonyl (C=O) groups excluding carboxylic acids is 2. The summed E-state index contributed by atoms with van der Waals surface area (Å²) in [4.78, 5) is 27.0. The Labute approximate surface area is 148 Å². The fourth-order valence-corrected chi connectivity index (χ4v) is 3.39. The second-order valence-corrected chi connectivity index (χ2v) is 6.66. The average molecular weight is 364 g/mol. The number of unbranched alkanes of at least 4 members (excludes halogenated alkanes) is 2. The highest BCUT2D eigenvalue weighted by atomic mass is 32.1. The summed E-state index contributed by atoms with van der Waals surface area (Å²) in [7, 11) is 0. The lowest BCUT2D eigenvalue weighted by Crippen LogP contribution is -2.29. The molecule has 0 fully saturated rings. The van der Waals surface area contributed by atoms with E-state index >= 15 is 0 Å². The second-order valence-electron chi connectivity index (χ2n) is 5.63. The van der Waals surface area contributed by atoms with Crippen molar-refractivity contribution in [3.63, 3.8) is 0 Å². The number of primary amides is 1. The number of hydrogen-bond donors (Lipinski definition) is 3. The number of benzene rings is 1. The van der Waals surface area contributed by atoms with Crippen LogP contribution in [0.15, 0.2) is 12.1 Å². The first-order chi connectivity index (χ1) is 12.1. The Morgan fingerprint density at radius 1 is 1.16 bits per heavy atom. The van der Waals surface area contributed by atoms with E-state index in [4.69, 9.17) is 15.2 Å². The molecule has 0 saturated heterocycles. The van der Waals surface area contributed by atoms with Gasteiger partial charge >= 0.3 is 6.03 Å². The van der Waals surface area contributed by atoms with E-state index in [-0.39, 0.29) is 5.91 Å². The molecule has 0 unspecified atom stereocenters. The van der Waals surface area contributed by atoms with Crippen LogP contribution in [0.4, 0.5) is 9.93 Å². The second kappa shape index (κ2) is 8.02. The molecular weight excluding hydrogens is 344 g/mol. The van der Waals surface area contributed by atoms with Crippen LogP contribution < -0.4 is 25.8 Å². The van der Waals surface area contributed by atoms with E-state index in [0.29, 0.717) is 42.8 Å². The maximum atomic E-state index is 12.0. The van der Waals surface area contributed by atoms with E-state index < -0.39 is 6.03 Å². The number of ether oxygens (including phenoxy) is 2. The summed E-state index contributed by atoms with van der Waals surface area (Å²) in [5.74, 6) is 1.33. The lowest BCUT2D eigenvalue weighted by molar-refractivity contribution is -0.116. The molecule has 0 radical (unpaired) electrons. The van der Waals surface area contributed by atoms with Gasteiger partial charge in [-0.15, -0.1) is 0 Å². The molecule has 0 saturated carbocycles. The van der Waals surface area contributed by atoms with E-state index in [0.717, 1.165) is 29.5 Å². The van der Waals surface area contributed by atoms with Gasteiger partial charge in [0.15, 0.2) is 16.6 Å². The Hall–Kier alpha value is -2.55. The summed E-state index contributed by atoms with van der Waals surface area (Å²) in [6, 6.07) is 3.20. The molecule has 1 aromatic heterocycles. The van der Waals surface area contributed by atoms with Crippen LogP contribution in [-0.2, 0) is 4.79 Å². The van der Waals surface area contributed by atoms with Gasteiger partial charge in [-0.05, 0) is 12.8 Å². The van der Waals surface area contributed by atoms with Gasteiger partial charge in [0.05, 0.1) is 10.2 Å². The number of rotatable bonds is 7. The van der Waals surface area contributed by atoms with Gasteiger partial charge in [0, 0.05) is 25.1 Å². The summed E-state index contributed by atoms with van der Waals surface area (Å²) in [6.45, 7) is 1.60. The first-order valence-corrected chi connectivity index (χ1v) is 8.97. The molecule has 0 spiro atoms. The van der Waals surface area contributed by atoms with E-state index in [1.807, 2.05) is 12.1 Å². The molecule has 2 aromatic rings. The van der Waals surface area contributed by atoms with Crippen molar-refractivity contribution in [2.24, 2.45) is 5.73 Å². The van der Waals surface area contributed by atoms with Gasteiger partial charge in [0.1, 0.15) is 13.2 Å². The lowest BCUT2D eigenvalue weighted by Gasteiger charge is -2.17. The number of nitrogens with two attached hydrogens (primary N) is 1. The molecule has 8 nitrogen and oxygen atoms in total. The molecule has 1 aliphatic heterocycles. The standard InChI is InChI=1S/C16H20N4O4S/c17-15(22)18-5-3-1-2-4-14(21)20-16-19-10-8-11-12(9-13(10)25-16)24-7-6-23-11/h8-9H,1-7H2,(H3,17,18,22)(H,19,20,21). The number of urea groups is 1. The van der Waals surface area contributed by atoms with Crippen molar-refractivity contribution in [3.05, 3.63) is 12.1 Å². The topological polar surface area (TPSA) is 116 Å². The Bertz CT molecular complexity index is 734. The number of nitrogens with one attached hydrogen (secondary N) is 2. The highest BCUT2D eigenvalue weighted by Crippen LogP contribution is 2.37. The van der Waals surface area contributed by atoms with Crippen LogP contribution in [0.25, 0.3) is 10.2 Å². The zero-order valence-corrected chi connectivity index (χ0v) is 14.5. The summed E-state index contributed by atoms with van der Waals surface area (Å²) in [5, 5.41) is 5.92. The molecule has 0 bridgehead atoms. The molecule has 1 aromatic carbocycles. The molecule has 3 rings (SSSR count). The zero-order chi connectivity index (χ0) is 17.6. The SMILES string of the molecule is NC(=O)NCCCCCC(=O)Nc1nc2cc3c(cc2s1)OCCO3. The first kappa shape index (κ1) is 17.3. The smallest absolute Gasteiger partial charge is 0.312 e. The number of hydrogen-bond acceptors (Lipinski definition) is 6. The van der Waals surface area contributed by atoms with Crippen LogP contribution in [-0.4, -0.2) is 36.7 Å². The average Bonchev–Trinajstić information content (AvgIpc) is 2.96. The molecule has 134 valence electrons. The number of thiazole rings is 1. The van der Waals surface area contributed by atoms with E-state index in [9.17, 15) is 9.59 Å². The molecular formula is C16H20N4O4S. The van der Waals surface area contributed by atoms with E-state index in [1.165, 1.54) is 11.3 Å². The molecule has 1 aliphatic rings. The molecule has 3 amide bonds. The maximum Gasteiger partial charge on any atom is 0.312 e. The van der Waals surface area contributed by atoms with Crippen molar-refractivity contribution in [2.75, 3.05) is 25.1 Å². The Morgan fingerprint density at radius 3 is 2.68 bits per heavy atom. The van der Waals surface area contributed by atoms with E-state index in [1.54, 1.807) is 0 Å². The molecule has 0 atom stereocenters. The number of aromatic nitrogens is 1. The van der Waals surface area contributed by atoms with Crippen molar-refractivity contribution in [3.8, 4) is 11.5 Å². The van der Waals surface area contributed by atoms with Crippen molar-refractivity contribution in [2.45, 2.75) is 25.7 Å².